The van der Waals surface area contributed by atoms with Crippen molar-refractivity contribution in [2.75, 3.05) is 0 Å². The largest absolute Gasteiger partial charge is 0.446 e. The van der Waals surface area contributed by atoms with Crippen LogP contribution in [-0.4, -0.2) is 37.2 Å². The first kappa shape index (κ1) is 35.2. The molecule has 11 heteroatoms. The van der Waals surface area contributed by atoms with Gasteiger partial charge in [-0.15, -0.1) is 0 Å². The minimum atomic E-state index is -4.85. The van der Waals surface area contributed by atoms with Gasteiger partial charge in [-0.05, 0) is 135 Å². The lowest BCUT2D eigenvalue weighted by molar-refractivity contribution is -0.208. The van der Waals surface area contributed by atoms with E-state index in [2.05, 4.69) is 54.5 Å². The number of aliphatic hydroxyl groups is 1. The van der Waals surface area contributed by atoms with Crippen molar-refractivity contribution >= 4 is 20.8 Å². The number of rotatable bonds is 7. The highest BCUT2D eigenvalue weighted by atomic mass is 32.3. The molecule has 5 aliphatic carbocycles. The fourth-order valence-electron chi connectivity index (χ4n) is 12.6. The van der Waals surface area contributed by atoms with Crippen LogP contribution in [0.1, 0.15) is 124 Å². The van der Waals surface area contributed by atoms with Crippen LogP contribution in [-0.2, 0) is 32.6 Å². The predicted octanol–water partition coefficient (Wildman–Crippen LogP) is 7.64. The summed E-state index contributed by atoms with van der Waals surface area (Å²) in [5.74, 6) is 1.10. The van der Waals surface area contributed by atoms with Crippen molar-refractivity contribution in [2.45, 2.75) is 131 Å². The predicted molar refractivity (Wildman–Crippen MR) is 180 cm³/mol. The van der Waals surface area contributed by atoms with Crippen molar-refractivity contribution < 1.29 is 39.4 Å². The Labute approximate surface area is 281 Å². The minimum Gasteiger partial charge on any atom is -0.393 e. The molecular formula is C36H54O9S2. The summed E-state index contributed by atoms with van der Waals surface area (Å²) < 4.78 is 76.8. The van der Waals surface area contributed by atoms with Crippen LogP contribution in [0.3, 0.4) is 0 Å². The van der Waals surface area contributed by atoms with E-state index >= 15 is 0 Å². The van der Waals surface area contributed by atoms with Crippen LogP contribution < -0.4 is 8.37 Å². The van der Waals surface area contributed by atoms with Gasteiger partial charge in [0, 0.05) is 16.5 Å². The molecule has 1 aromatic rings. The van der Waals surface area contributed by atoms with Gasteiger partial charge in [-0.3, -0.25) is 9.11 Å². The summed E-state index contributed by atoms with van der Waals surface area (Å²) in [5.41, 5.74) is 1.73. The SMILES string of the molecule is CC1=CCCC(C)(C)C1CCC1(C)C(O)CCC2(C)C1CCC1(C)C3Cc4c(OS(=O)(=O)O)ccc(OS(=O)(=O)O)c4C3(C)CCC12. The molecule has 9 nitrogen and oxygen atoms in total. The molecule has 1 aromatic carbocycles. The number of hydrogen-bond donors (Lipinski definition) is 3. The smallest absolute Gasteiger partial charge is 0.393 e. The topological polar surface area (TPSA) is 147 Å². The summed E-state index contributed by atoms with van der Waals surface area (Å²) in [7, 11) is -9.70. The maximum absolute atomic E-state index is 11.9. The van der Waals surface area contributed by atoms with Gasteiger partial charge in [0.2, 0.25) is 0 Å². The quantitative estimate of drug-likeness (QED) is 0.194. The van der Waals surface area contributed by atoms with Crippen LogP contribution in [0.5, 0.6) is 11.5 Å². The summed E-state index contributed by atoms with van der Waals surface area (Å²) >= 11 is 0. The summed E-state index contributed by atoms with van der Waals surface area (Å²) in [4.78, 5) is 0. The first-order chi connectivity index (χ1) is 21.6. The molecule has 9 atom stereocenters. The van der Waals surface area contributed by atoms with E-state index in [9.17, 15) is 31.0 Å². The average molecular weight is 695 g/mol. The van der Waals surface area contributed by atoms with Gasteiger partial charge in [0.25, 0.3) is 0 Å². The van der Waals surface area contributed by atoms with E-state index in [1.807, 2.05) is 0 Å². The molecular weight excluding hydrogens is 641 g/mol. The zero-order valence-electron chi connectivity index (χ0n) is 29.0. The first-order valence-corrected chi connectivity index (χ1v) is 20.1. The van der Waals surface area contributed by atoms with Crippen LogP contribution >= 0.6 is 0 Å². The van der Waals surface area contributed by atoms with Crippen molar-refractivity contribution in [3.05, 3.63) is 34.9 Å². The Morgan fingerprint density at radius 3 is 2.00 bits per heavy atom. The molecule has 3 fully saturated rings. The Morgan fingerprint density at radius 1 is 0.787 bits per heavy atom. The number of aliphatic hydroxyl groups excluding tert-OH is 1. The molecule has 0 aromatic heterocycles. The van der Waals surface area contributed by atoms with E-state index in [0.717, 1.165) is 51.4 Å². The Morgan fingerprint density at radius 2 is 1.36 bits per heavy atom. The zero-order valence-corrected chi connectivity index (χ0v) is 30.6. The highest BCUT2D eigenvalue weighted by Gasteiger charge is 2.68. The van der Waals surface area contributed by atoms with Crippen molar-refractivity contribution in [3.8, 4) is 11.5 Å². The molecule has 0 saturated heterocycles. The second kappa shape index (κ2) is 11.2. The number of hydrogen-bond acceptors (Lipinski definition) is 7. The molecule has 0 heterocycles. The van der Waals surface area contributed by atoms with Crippen LogP contribution in [0.15, 0.2) is 23.8 Å². The van der Waals surface area contributed by atoms with E-state index in [0.29, 0.717) is 41.7 Å². The van der Waals surface area contributed by atoms with E-state index in [1.165, 1.54) is 24.1 Å². The Bertz CT molecular complexity index is 1680. The van der Waals surface area contributed by atoms with Crippen LogP contribution in [0.2, 0.25) is 0 Å². The van der Waals surface area contributed by atoms with E-state index in [4.69, 9.17) is 8.37 Å². The van der Waals surface area contributed by atoms with Crippen LogP contribution in [0.25, 0.3) is 0 Å². The monoisotopic (exact) mass is 694 g/mol. The molecule has 47 heavy (non-hydrogen) atoms. The van der Waals surface area contributed by atoms with Gasteiger partial charge in [0.1, 0.15) is 11.5 Å². The van der Waals surface area contributed by atoms with Gasteiger partial charge in [-0.2, -0.15) is 16.8 Å². The van der Waals surface area contributed by atoms with Crippen LogP contribution in [0, 0.1) is 45.3 Å². The first-order valence-electron chi connectivity index (χ1n) is 17.4. The second-order valence-electron chi connectivity index (χ2n) is 17.4. The molecule has 0 radical (unpaired) electrons. The third kappa shape index (κ3) is 5.68. The number of allylic oxidation sites excluding steroid dienone is 2. The Kier molecular flexibility index (Phi) is 8.36. The molecule has 6 rings (SSSR count). The molecule has 3 N–H and O–H groups in total. The van der Waals surface area contributed by atoms with E-state index in [1.54, 1.807) is 0 Å². The van der Waals surface area contributed by atoms with Gasteiger partial charge in [-0.1, -0.05) is 53.2 Å². The Balaban J connectivity index is 1.36. The maximum Gasteiger partial charge on any atom is 0.446 e. The lowest BCUT2D eigenvalue weighted by atomic mass is 9.36. The normalized spacial score (nSPS) is 41.1. The van der Waals surface area contributed by atoms with E-state index < -0.39 is 26.2 Å². The highest BCUT2D eigenvalue weighted by molar-refractivity contribution is 7.81. The fourth-order valence-corrected chi connectivity index (χ4v) is 13.4. The molecule has 0 spiro atoms. The van der Waals surface area contributed by atoms with Gasteiger partial charge < -0.3 is 13.5 Å². The molecule has 0 bridgehead atoms. The van der Waals surface area contributed by atoms with Crippen LogP contribution in [0.4, 0.5) is 0 Å². The van der Waals surface area contributed by atoms with Crippen molar-refractivity contribution in [1.29, 1.82) is 0 Å². The second-order valence-corrected chi connectivity index (χ2v) is 19.5. The van der Waals surface area contributed by atoms with Gasteiger partial charge >= 0.3 is 20.8 Å². The van der Waals surface area contributed by atoms with Crippen molar-refractivity contribution in [2.24, 2.45) is 45.3 Å². The highest BCUT2D eigenvalue weighted by Crippen LogP contribution is 2.74. The Hall–Kier alpha value is -1.66. The summed E-state index contributed by atoms with van der Waals surface area (Å²) in [6.07, 6.45) is 12.0. The zero-order chi connectivity index (χ0) is 34.6. The van der Waals surface area contributed by atoms with Gasteiger partial charge in [0.05, 0.1) is 6.10 Å². The van der Waals surface area contributed by atoms with Gasteiger partial charge in [0.15, 0.2) is 0 Å². The molecule has 9 unspecified atom stereocenters. The van der Waals surface area contributed by atoms with Crippen molar-refractivity contribution in [3.63, 3.8) is 0 Å². The van der Waals surface area contributed by atoms with Gasteiger partial charge in [-0.25, -0.2) is 0 Å². The molecule has 3 saturated carbocycles. The molecule has 5 aliphatic rings. The number of fused-ring (bicyclic) bond motifs is 7. The molecule has 264 valence electrons. The fraction of sp³-hybridized carbons (Fsp3) is 0.778. The summed E-state index contributed by atoms with van der Waals surface area (Å²) in [6, 6.07) is 2.58. The lowest BCUT2D eigenvalue weighted by Gasteiger charge is -2.68. The summed E-state index contributed by atoms with van der Waals surface area (Å²) in [6.45, 7) is 16.3. The minimum absolute atomic E-state index is 0.00495. The number of benzene rings is 1. The third-order valence-corrected chi connectivity index (χ3v) is 15.5. The lowest BCUT2D eigenvalue weighted by Crippen LogP contribution is -2.63. The van der Waals surface area contributed by atoms with Crippen molar-refractivity contribution in [1.82, 2.24) is 0 Å². The standard InChI is InChI=1S/C36H54O9S2/c1-22-9-8-16-32(2,3)24(22)12-17-35(6)28-13-18-34(5)27(33(28,4)20-15-30(35)37)14-19-36(7)29(34)21-23-25(44-46(38,39)40)10-11-26(31(23)36)45-47(41,42)43/h9-11,24,27-30,37H,8,12-21H2,1-7H3,(H,38,39,40)(H,41,42,43). The molecule has 0 aliphatic heterocycles. The average Bonchev–Trinajstić information content (AvgIpc) is 3.25. The summed E-state index contributed by atoms with van der Waals surface area (Å²) in [5, 5.41) is 11.7. The molecule has 0 amide bonds. The third-order valence-electron chi connectivity index (χ3n) is 14.7. The maximum atomic E-state index is 11.9. The van der Waals surface area contributed by atoms with E-state index in [-0.39, 0.29) is 45.2 Å².